The zero-order chi connectivity index (χ0) is 23.2. The van der Waals surface area contributed by atoms with Crippen LogP contribution in [0.5, 0.6) is 0 Å². The molecular formula is C22H20ClF2N7O. The van der Waals surface area contributed by atoms with Gasteiger partial charge in [0, 0.05) is 48.1 Å². The molecule has 0 spiro atoms. The van der Waals surface area contributed by atoms with Gasteiger partial charge in [-0.05, 0) is 36.8 Å². The van der Waals surface area contributed by atoms with Crippen LogP contribution < -0.4 is 10.2 Å². The summed E-state index contributed by atoms with van der Waals surface area (Å²) in [5.41, 5.74) is 3.00. The molecule has 0 atom stereocenters. The molecular weight excluding hydrogens is 452 g/mol. The van der Waals surface area contributed by atoms with E-state index in [1.165, 1.54) is 10.9 Å². The van der Waals surface area contributed by atoms with Crippen molar-refractivity contribution in [3.63, 3.8) is 0 Å². The molecule has 4 heterocycles. The Labute approximate surface area is 192 Å². The van der Waals surface area contributed by atoms with Gasteiger partial charge in [-0.25, -0.2) is 18.4 Å². The number of nitrogens with one attached hydrogen (secondary N) is 2. The number of aromatic nitrogens is 5. The van der Waals surface area contributed by atoms with E-state index < -0.39 is 11.8 Å². The second kappa shape index (κ2) is 8.11. The van der Waals surface area contributed by atoms with E-state index in [-0.39, 0.29) is 31.6 Å². The summed E-state index contributed by atoms with van der Waals surface area (Å²) in [5, 5.41) is 12.2. The Morgan fingerprint density at radius 2 is 2.03 bits per heavy atom. The fourth-order valence-corrected chi connectivity index (χ4v) is 4.10. The van der Waals surface area contributed by atoms with Crippen LogP contribution >= 0.6 is 11.6 Å². The number of rotatable bonds is 4. The number of halogens is 3. The smallest absolute Gasteiger partial charge is 0.277 e. The molecule has 1 saturated heterocycles. The number of piperidine rings is 1. The van der Waals surface area contributed by atoms with Crippen molar-refractivity contribution in [3.8, 4) is 5.69 Å². The number of benzene rings is 1. The van der Waals surface area contributed by atoms with Gasteiger partial charge in [0.2, 0.25) is 0 Å². The van der Waals surface area contributed by atoms with Gasteiger partial charge < -0.3 is 15.2 Å². The molecule has 0 saturated carbocycles. The Bertz CT molecular complexity index is 1340. The minimum atomic E-state index is -2.61. The van der Waals surface area contributed by atoms with Crippen LogP contribution in [0.1, 0.15) is 28.9 Å². The maximum absolute atomic E-state index is 13.5. The van der Waals surface area contributed by atoms with Crippen LogP contribution in [0.25, 0.3) is 16.6 Å². The zero-order valence-electron chi connectivity index (χ0n) is 17.6. The van der Waals surface area contributed by atoms with Gasteiger partial charge in [0.1, 0.15) is 5.82 Å². The lowest BCUT2D eigenvalue weighted by atomic mass is 10.1. The van der Waals surface area contributed by atoms with Gasteiger partial charge in [0.05, 0.1) is 23.8 Å². The van der Waals surface area contributed by atoms with Crippen molar-refractivity contribution >= 4 is 39.9 Å². The van der Waals surface area contributed by atoms with Crippen molar-refractivity contribution < 1.29 is 13.6 Å². The fourth-order valence-electron chi connectivity index (χ4n) is 3.93. The Morgan fingerprint density at radius 1 is 1.24 bits per heavy atom. The molecule has 1 aliphatic rings. The van der Waals surface area contributed by atoms with Crippen LogP contribution in [0.15, 0.2) is 42.9 Å². The largest absolute Gasteiger partial charge is 0.359 e. The number of carbonyl (C=O) groups excluding carboxylic acids is 1. The molecule has 0 aliphatic carbocycles. The molecule has 0 radical (unpaired) electrons. The van der Waals surface area contributed by atoms with Gasteiger partial charge in [-0.3, -0.25) is 4.79 Å². The SMILES string of the molecule is Cc1cc(-n2cc(C(=O)Nc3c[nH]c4ccc(Cl)cc34)nn2)cnc1N1CCC(F)(F)CC1. The van der Waals surface area contributed by atoms with E-state index in [9.17, 15) is 13.6 Å². The highest BCUT2D eigenvalue weighted by Crippen LogP contribution is 2.31. The molecule has 1 aromatic carbocycles. The van der Waals surface area contributed by atoms with Gasteiger partial charge >= 0.3 is 0 Å². The zero-order valence-corrected chi connectivity index (χ0v) is 18.4. The lowest BCUT2D eigenvalue weighted by molar-refractivity contribution is -0.0221. The van der Waals surface area contributed by atoms with E-state index in [0.29, 0.717) is 22.2 Å². The summed E-state index contributed by atoms with van der Waals surface area (Å²) in [4.78, 5) is 22.1. The molecule has 170 valence electrons. The summed E-state index contributed by atoms with van der Waals surface area (Å²) in [6, 6.07) is 7.20. The predicted octanol–water partition coefficient (Wildman–Crippen LogP) is 4.59. The quantitative estimate of drug-likeness (QED) is 0.454. The lowest BCUT2D eigenvalue weighted by Gasteiger charge is -2.33. The minimum absolute atomic E-state index is 0.131. The van der Waals surface area contributed by atoms with Crippen molar-refractivity contribution in [2.75, 3.05) is 23.3 Å². The molecule has 5 rings (SSSR count). The molecule has 11 heteroatoms. The summed E-state index contributed by atoms with van der Waals surface area (Å²) in [7, 11) is 0. The first-order valence-corrected chi connectivity index (χ1v) is 10.8. The maximum Gasteiger partial charge on any atom is 0.277 e. The highest BCUT2D eigenvalue weighted by molar-refractivity contribution is 6.31. The Morgan fingerprint density at radius 3 is 2.79 bits per heavy atom. The number of amides is 1. The molecule has 33 heavy (non-hydrogen) atoms. The lowest BCUT2D eigenvalue weighted by Crippen LogP contribution is -2.40. The third-order valence-corrected chi connectivity index (χ3v) is 5.95. The number of hydrogen-bond donors (Lipinski definition) is 2. The number of alkyl halides is 2. The first kappa shape index (κ1) is 21.3. The van der Waals surface area contributed by atoms with Crippen LogP contribution in [0.2, 0.25) is 5.02 Å². The van der Waals surface area contributed by atoms with Gasteiger partial charge in [0.15, 0.2) is 5.69 Å². The normalized spacial score (nSPS) is 15.7. The molecule has 0 bridgehead atoms. The summed E-state index contributed by atoms with van der Waals surface area (Å²) in [6.45, 7) is 2.38. The molecule has 1 aliphatic heterocycles. The molecule has 0 unspecified atom stereocenters. The Balaban J connectivity index is 1.32. The first-order valence-electron chi connectivity index (χ1n) is 10.4. The van der Waals surface area contributed by atoms with Crippen LogP contribution in [0.4, 0.5) is 20.3 Å². The molecule has 3 aromatic heterocycles. The van der Waals surface area contributed by atoms with Crippen LogP contribution in [-0.2, 0) is 0 Å². The van der Waals surface area contributed by atoms with Crippen LogP contribution in [-0.4, -0.2) is 49.9 Å². The standard InChI is InChI=1S/C22H20ClF2N7O/c1-13-8-15(10-27-20(13)31-6-4-22(24,25)5-7-31)32-12-19(29-30-32)21(33)28-18-11-26-17-3-2-14(23)9-16(17)18/h2-3,8-12,26H,4-7H2,1H3,(H,28,33). The van der Waals surface area contributed by atoms with Crippen molar-refractivity contribution in [3.05, 3.63) is 59.1 Å². The third kappa shape index (κ3) is 4.25. The fraction of sp³-hybridized carbons (Fsp3) is 0.273. The number of hydrogen-bond acceptors (Lipinski definition) is 5. The number of aromatic amines is 1. The van der Waals surface area contributed by atoms with Gasteiger partial charge in [-0.2, -0.15) is 0 Å². The van der Waals surface area contributed by atoms with Crippen molar-refractivity contribution in [1.82, 2.24) is 25.0 Å². The number of H-pyrrole nitrogens is 1. The van der Waals surface area contributed by atoms with Crippen LogP contribution in [0, 0.1) is 6.92 Å². The molecule has 1 fully saturated rings. The van der Waals surface area contributed by atoms with Crippen molar-refractivity contribution in [2.45, 2.75) is 25.7 Å². The summed E-state index contributed by atoms with van der Waals surface area (Å²) < 4.78 is 28.4. The van der Waals surface area contributed by atoms with E-state index in [1.807, 2.05) is 24.0 Å². The van der Waals surface area contributed by atoms with Crippen LogP contribution in [0.3, 0.4) is 0 Å². The number of nitrogens with zero attached hydrogens (tertiary/aromatic N) is 5. The summed E-state index contributed by atoms with van der Waals surface area (Å²) >= 11 is 6.06. The topological polar surface area (TPSA) is 91.7 Å². The molecule has 4 aromatic rings. The number of aryl methyl sites for hydroxylation is 1. The Hall–Kier alpha value is -3.53. The van der Waals surface area contributed by atoms with Crippen molar-refractivity contribution in [1.29, 1.82) is 0 Å². The highest BCUT2D eigenvalue weighted by atomic mass is 35.5. The van der Waals surface area contributed by atoms with E-state index in [4.69, 9.17) is 11.6 Å². The average molecular weight is 472 g/mol. The van der Waals surface area contributed by atoms with E-state index in [1.54, 1.807) is 24.5 Å². The molecule has 8 nitrogen and oxygen atoms in total. The molecule has 1 amide bonds. The highest BCUT2D eigenvalue weighted by Gasteiger charge is 2.34. The summed E-state index contributed by atoms with van der Waals surface area (Å²) in [6.07, 6.45) is 4.42. The number of fused-ring (bicyclic) bond motifs is 1. The van der Waals surface area contributed by atoms with E-state index in [2.05, 4.69) is 25.6 Å². The first-order chi connectivity index (χ1) is 15.8. The van der Waals surface area contributed by atoms with Gasteiger partial charge in [-0.15, -0.1) is 5.10 Å². The third-order valence-electron chi connectivity index (χ3n) is 5.71. The minimum Gasteiger partial charge on any atom is -0.359 e. The average Bonchev–Trinajstić information content (AvgIpc) is 3.42. The van der Waals surface area contributed by atoms with Gasteiger partial charge in [0.25, 0.3) is 11.8 Å². The maximum atomic E-state index is 13.5. The van der Waals surface area contributed by atoms with E-state index >= 15 is 0 Å². The second-order valence-electron chi connectivity index (χ2n) is 8.07. The van der Waals surface area contributed by atoms with Gasteiger partial charge in [-0.1, -0.05) is 16.8 Å². The Kier molecular flexibility index (Phi) is 5.24. The monoisotopic (exact) mass is 471 g/mol. The predicted molar refractivity (Wildman–Crippen MR) is 122 cm³/mol. The van der Waals surface area contributed by atoms with Crippen molar-refractivity contribution in [2.24, 2.45) is 0 Å². The molecule has 2 N–H and O–H groups in total. The summed E-state index contributed by atoms with van der Waals surface area (Å²) in [5.74, 6) is -2.36. The number of carbonyl (C=O) groups is 1. The van der Waals surface area contributed by atoms with E-state index in [0.717, 1.165) is 16.5 Å². The number of pyridine rings is 1. The number of anilines is 2. The second-order valence-corrected chi connectivity index (χ2v) is 8.51.